The van der Waals surface area contributed by atoms with E-state index in [-0.39, 0.29) is 30.7 Å². The van der Waals surface area contributed by atoms with Crippen molar-refractivity contribution in [2.24, 2.45) is 5.73 Å². The lowest BCUT2D eigenvalue weighted by Crippen LogP contribution is -2.37. The number of nitrogens with zero attached hydrogens (tertiary/aromatic N) is 2. The molecule has 168 valence electrons. The van der Waals surface area contributed by atoms with Crippen LogP contribution in [0.4, 0.5) is 0 Å². The van der Waals surface area contributed by atoms with Gasteiger partial charge in [-0.3, -0.25) is 4.79 Å². The van der Waals surface area contributed by atoms with Gasteiger partial charge in [0, 0.05) is 38.0 Å². The van der Waals surface area contributed by atoms with Crippen LogP contribution in [0.5, 0.6) is 5.75 Å². The van der Waals surface area contributed by atoms with Crippen LogP contribution in [0.2, 0.25) is 0 Å². The van der Waals surface area contributed by atoms with Gasteiger partial charge in [0.2, 0.25) is 5.91 Å². The Bertz CT molecular complexity index is 902. The van der Waals surface area contributed by atoms with Crippen LogP contribution in [0.1, 0.15) is 17.9 Å². The minimum absolute atomic E-state index is 0. The van der Waals surface area contributed by atoms with Crippen molar-refractivity contribution in [1.82, 2.24) is 9.88 Å². The van der Waals surface area contributed by atoms with Crippen LogP contribution in [-0.4, -0.2) is 42.5 Å². The lowest BCUT2D eigenvalue weighted by molar-refractivity contribution is -0.131. The summed E-state index contributed by atoms with van der Waals surface area (Å²) in [7, 11) is 1.63. The predicted molar refractivity (Wildman–Crippen MR) is 127 cm³/mol. The summed E-state index contributed by atoms with van der Waals surface area (Å²) in [5.74, 6) is 2.09. The first kappa shape index (κ1) is 26.5. The zero-order valence-electron chi connectivity index (χ0n) is 17.5. The second kappa shape index (κ2) is 13.7. The van der Waals surface area contributed by atoms with Gasteiger partial charge >= 0.3 is 0 Å². The van der Waals surface area contributed by atoms with E-state index in [4.69, 9.17) is 14.9 Å². The molecule has 0 aliphatic heterocycles. The zero-order valence-corrected chi connectivity index (χ0v) is 19.2. The molecule has 1 heterocycles. The van der Waals surface area contributed by atoms with Crippen LogP contribution in [0.25, 0.3) is 11.3 Å². The molecule has 3 aromatic rings. The summed E-state index contributed by atoms with van der Waals surface area (Å²) in [5.41, 5.74) is 7.83. The molecular weight excluding hydrogens is 437 g/mol. The van der Waals surface area contributed by atoms with Crippen LogP contribution in [0.3, 0.4) is 0 Å². The second-order valence-corrected chi connectivity index (χ2v) is 6.75. The van der Waals surface area contributed by atoms with Gasteiger partial charge in [-0.2, -0.15) is 0 Å². The van der Waals surface area contributed by atoms with Gasteiger partial charge in [-0.25, -0.2) is 4.98 Å². The Kier molecular flexibility index (Phi) is 11.7. The molecule has 1 aromatic heterocycles. The Hall–Kier alpha value is -2.54. The molecule has 0 aliphatic carbocycles. The van der Waals surface area contributed by atoms with Gasteiger partial charge in [0.1, 0.15) is 5.75 Å². The molecule has 3 rings (SSSR count). The number of rotatable bonds is 10. The van der Waals surface area contributed by atoms with Crippen LogP contribution in [-0.2, 0) is 17.6 Å². The number of methoxy groups -OCH3 is 1. The normalized spacial score (nSPS) is 10.0. The molecule has 8 heteroatoms. The van der Waals surface area contributed by atoms with Crippen molar-refractivity contribution in [2.75, 3.05) is 26.7 Å². The molecule has 0 spiro atoms. The van der Waals surface area contributed by atoms with Crippen molar-refractivity contribution in [2.45, 2.75) is 19.3 Å². The highest BCUT2D eigenvalue weighted by molar-refractivity contribution is 5.85. The average Bonchev–Trinajstić information content (AvgIpc) is 3.25. The number of halogens is 2. The van der Waals surface area contributed by atoms with E-state index in [2.05, 4.69) is 17.1 Å². The Morgan fingerprint density at radius 2 is 1.74 bits per heavy atom. The fourth-order valence-electron chi connectivity index (χ4n) is 3.11. The van der Waals surface area contributed by atoms with Gasteiger partial charge in [-0.1, -0.05) is 30.3 Å². The number of ether oxygens (including phenoxy) is 1. The van der Waals surface area contributed by atoms with Crippen LogP contribution in [0.15, 0.2) is 65.2 Å². The van der Waals surface area contributed by atoms with Crippen molar-refractivity contribution in [3.05, 3.63) is 72.2 Å². The van der Waals surface area contributed by atoms with Crippen LogP contribution >= 0.6 is 24.8 Å². The van der Waals surface area contributed by atoms with Crippen LogP contribution in [0, 0.1) is 0 Å². The van der Waals surface area contributed by atoms with E-state index in [0.717, 1.165) is 17.7 Å². The van der Waals surface area contributed by atoms with Gasteiger partial charge in [0.25, 0.3) is 0 Å². The number of oxazole rings is 1. The second-order valence-electron chi connectivity index (χ2n) is 6.75. The molecule has 0 fully saturated rings. The predicted octanol–water partition coefficient (Wildman–Crippen LogP) is 4.16. The number of nitrogens with two attached hydrogens (primary N) is 1. The van der Waals surface area contributed by atoms with Crippen molar-refractivity contribution < 1.29 is 13.9 Å². The largest absolute Gasteiger partial charge is 0.497 e. The average molecular weight is 466 g/mol. The first-order chi connectivity index (χ1) is 14.2. The topological polar surface area (TPSA) is 81.6 Å². The molecule has 0 bridgehead atoms. The number of benzene rings is 2. The molecule has 2 aromatic carbocycles. The lowest BCUT2D eigenvalue weighted by Gasteiger charge is -2.22. The van der Waals surface area contributed by atoms with E-state index in [1.165, 1.54) is 5.56 Å². The highest BCUT2D eigenvalue weighted by atomic mass is 35.5. The Morgan fingerprint density at radius 3 is 2.39 bits per heavy atom. The molecule has 0 atom stereocenters. The van der Waals surface area contributed by atoms with Gasteiger partial charge in [0.15, 0.2) is 11.7 Å². The smallest absolute Gasteiger partial charge is 0.223 e. The number of hydrogen-bond donors (Lipinski definition) is 1. The van der Waals surface area contributed by atoms with Crippen LogP contribution < -0.4 is 10.5 Å². The van der Waals surface area contributed by atoms with Crippen molar-refractivity contribution in [3.8, 4) is 17.1 Å². The summed E-state index contributed by atoms with van der Waals surface area (Å²) in [6.07, 6.45) is 3.31. The molecule has 31 heavy (non-hydrogen) atoms. The molecule has 0 saturated heterocycles. The highest BCUT2D eigenvalue weighted by Gasteiger charge is 2.15. The molecule has 2 N–H and O–H groups in total. The highest BCUT2D eigenvalue weighted by Crippen LogP contribution is 2.23. The monoisotopic (exact) mass is 465 g/mol. The lowest BCUT2D eigenvalue weighted by atomic mass is 10.1. The Labute approximate surface area is 195 Å². The van der Waals surface area contributed by atoms with Gasteiger partial charge in [-0.15, -0.1) is 24.8 Å². The number of hydrogen-bond acceptors (Lipinski definition) is 5. The van der Waals surface area contributed by atoms with Gasteiger partial charge in [-0.05, 0) is 36.2 Å². The number of amides is 1. The van der Waals surface area contributed by atoms with E-state index in [1.807, 2.05) is 47.4 Å². The minimum Gasteiger partial charge on any atom is -0.497 e. The zero-order chi connectivity index (χ0) is 20.5. The number of carbonyl (C=O) groups excluding carboxylic acids is 1. The fraction of sp³-hybridized carbons (Fsp3) is 0.304. The molecule has 0 unspecified atom stereocenters. The first-order valence-corrected chi connectivity index (χ1v) is 9.80. The molecule has 0 saturated carbocycles. The van der Waals surface area contributed by atoms with Crippen molar-refractivity contribution in [3.63, 3.8) is 0 Å². The van der Waals surface area contributed by atoms with Gasteiger partial charge < -0.3 is 19.8 Å². The first-order valence-electron chi connectivity index (χ1n) is 9.80. The summed E-state index contributed by atoms with van der Waals surface area (Å²) < 4.78 is 11.0. The molecule has 0 aliphatic rings. The maximum atomic E-state index is 12.7. The Balaban J connectivity index is 0.00000240. The number of carbonyl (C=O) groups is 1. The fourth-order valence-corrected chi connectivity index (χ4v) is 3.11. The summed E-state index contributed by atoms with van der Waals surface area (Å²) in [6.45, 7) is 1.65. The minimum atomic E-state index is 0. The van der Waals surface area contributed by atoms with E-state index >= 15 is 0 Å². The summed E-state index contributed by atoms with van der Waals surface area (Å²) >= 11 is 0. The summed E-state index contributed by atoms with van der Waals surface area (Å²) in [4.78, 5) is 18.8. The van der Waals surface area contributed by atoms with E-state index < -0.39 is 0 Å². The maximum Gasteiger partial charge on any atom is 0.223 e. The number of aromatic nitrogens is 1. The molecule has 6 nitrogen and oxygen atoms in total. The van der Waals surface area contributed by atoms with Gasteiger partial charge in [0.05, 0.1) is 13.3 Å². The quantitative estimate of drug-likeness (QED) is 0.486. The van der Waals surface area contributed by atoms with E-state index in [9.17, 15) is 4.79 Å². The molecular formula is C23H29Cl2N3O3. The standard InChI is InChI=1S/C23H27N3O3.2ClH/c1-28-20-9-7-19(8-10-20)21-17-25-22(29-21)11-12-23(27)26(16-14-24)15-13-18-5-3-2-4-6-18;;/h2-10,17H,11-16,24H2,1H3;2*1H. The third-order valence-electron chi connectivity index (χ3n) is 4.75. The maximum absolute atomic E-state index is 12.7. The van der Waals surface area contributed by atoms with Crippen molar-refractivity contribution >= 4 is 30.7 Å². The van der Waals surface area contributed by atoms with E-state index in [1.54, 1.807) is 13.3 Å². The molecule has 1 amide bonds. The number of aryl methyl sites for hydroxylation is 1. The third-order valence-corrected chi connectivity index (χ3v) is 4.75. The summed E-state index contributed by atoms with van der Waals surface area (Å²) in [5, 5.41) is 0. The summed E-state index contributed by atoms with van der Waals surface area (Å²) in [6, 6.07) is 17.7. The SMILES string of the molecule is COc1ccc(-c2cnc(CCC(=O)N(CCN)CCc3ccccc3)o2)cc1.Cl.Cl. The molecule has 0 radical (unpaired) electrons. The van der Waals surface area contributed by atoms with E-state index in [0.29, 0.717) is 44.1 Å². The van der Waals surface area contributed by atoms with Crippen molar-refractivity contribution in [1.29, 1.82) is 0 Å². The Morgan fingerprint density at radius 1 is 1.03 bits per heavy atom. The third kappa shape index (κ3) is 7.90.